The Morgan fingerprint density at radius 2 is 2.38 bits per heavy atom. The molecule has 0 unspecified atom stereocenters. The van der Waals surface area contributed by atoms with Crippen LogP contribution < -0.4 is 5.32 Å². The lowest BCUT2D eigenvalue weighted by Crippen LogP contribution is -2.23. The molecule has 6 nitrogen and oxygen atoms in total. The SMILES string of the molecule is O=C(CCn1cncn1)NCc1ccc(C#CCCO)s1. The maximum atomic E-state index is 11.7. The molecule has 21 heavy (non-hydrogen) atoms. The highest BCUT2D eigenvalue weighted by molar-refractivity contribution is 7.12. The molecule has 0 atom stereocenters. The molecular formula is C14H16N4O2S. The monoisotopic (exact) mass is 304 g/mol. The van der Waals surface area contributed by atoms with E-state index >= 15 is 0 Å². The lowest BCUT2D eigenvalue weighted by atomic mass is 10.3. The molecule has 0 aromatic carbocycles. The third kappa shape index (κ3) is 5.38. The van der Waals surface area contributed by atoms with Gasteiger partial charge in [0.1, 0.15) is 12.7 Å². The Balaban J connectivity index is 1.72. The first-order chi connectivity index (χ1) is 10.3. The van der Waals surface area contributed by atoms with Crippen LogP contribution in [0.2, 0.25) is 0 Å². The average Bonchev–Trinajstić information content (AvgIpc) is 3.15. The van der Waals surface area contributed by atoms with Crippen molar-refractivity contribution in [2.75, 3.05) is 6.61 Å². The van der Waals surface area contributed by atoms with Crippen LogP contribution in [0.15, 0.2) is 24.8 Å². The molecule has 0 aliphatic heterocycles. The number of nitrogens with zero attached hydrogens (tertiary/aromatic N) is 3. The van der Waals surface area contributed by atoms with E-state index in [9.17, 15) is 4.79 Å². The molecule has 1 amide bonds. The molecule has 110 valence electrons. The van der Waals surface area contributed by atoms with Gasteiger partial charge in [-0.3, -0.25) is 9.48 Å². The van der Waals surface area contributed by atoms with Gasteiger partial charge in [0.25, 0.3) is 0 Å². The number of aromatic nitrogens is 3. The summed E-state index contributed by atoms with van der Waals surface area (Å²) in [6, 6.07) is 3.87. The molecule has 7 heteroatoms. The highest BCUT2D eigenvalue weighted by atomic mass is 32.1. The predicted octanol–water partition coefficient (Wildman–Crippen LogP) is 0.780. The molecule has 0 aliphatic rings. The Morgan fingerprint density at radius 3 is 3.14 bits per heavy atom. The minimum absolute atomic E-state index is 0.0215. The van der Waals surface area contributed by atoms with E-state index < -0.39 is 0 Å². The van der Waals surface area contributed by atoms with Crippen molar-refractivity contribution >= 4 is 17.2 Å². The van der Waals surface area contributed by atoms with Crippen LogP contribution in [0.25, 0.3) is 0 Å². The smallest absolute Gasteiger partial charge is 0.222 e. The Morgan fingerprint density at radius 1 is 1.48 bits per heavy atom. The number of hydrogen-bond donors (Lipinski definition) is 2. The van der Waals surface area contributed by atoms with Crippen molar-refractivity contribution < 1.29 is 9.90 Å². The maximum absolute atomic E-state index is 11.7. The first-order valence-electron chi connectivity index (χ1n) is 6.55. The van der Waals surface area contributed by atoms with E-state index in [1.807, 2.05) is 12.1 Å². The molecule has 2 heterocycles. The molecule has 0 saturated heterocycles. The zero-order chi connectivity index (χ0) is 14.9. The molecule has 2 aromatic heterocycles. The van der Waals surface area contributed by atoms with Gasteiger partial charge in [-0.1, -0.05) is 11.8 Å². The number of hydrogen-bond acceptors (Lipinski definition) is 5. The zero-order valence-electron chi connectivity index (χ0n) is 11.5. The number of carbonyl (C=O) groups excluding carboxylic acids is 1. The molecule has 0 aliphatic carbocycles. The van der Waals surface area contributed by atoms with Gasteiger partial charge in [0.15, 0.2) is 0 Å². The fraction of sp³-hybridized carbons (Fsp3) is 0.357. The number of carbonyl (C=O) groups is 1. The third-order valence-electron chi connectivity index (χ3n) is 2.60. The minimum Gasteiger partial charge on any atom is -0.395 e. The highest BCUT2D eigenvalue weighted by Gasteiger charge is 2.04. The Kier molecular flexibility index (Phi) is 5.94. The van der Waals surface area contributed by atoms with Crippen molar-refractivity contribution in [3.63, 3.8) is 0 Å². The number of amides is 1. The van der Waals surface area contributed by atoms with E-state index in [2.05, 4.69) is 27.2 Å². The molecule has 0 fully saturated rings. The summed E-state index contributed by atoms with van der Waals surface area (Å²) < 4.78 is 1.62. The molecule has 2 aromatic rings. The van der Waals surface area contributed by atoms with E-state index in [4.69, 9.17) is 5.11 Å². The normalized spacial score (nSPS) is 9.95. The third-order valence-corrected chi connectivity index (χ3v) is 3.61. The van der Waals surface area contributed by atoms with Crippen molar-refractivity contribution in [2.45, 2.75) is 25.9 Å². The van der Waals surface area contributed by atoms with Gasteiger partial charge in [-0.2, -0.15) is 5.10 Å². The fourth-order valence-electron chi connectivity index (χ4n) is 1.58. The van der Waals surface area contributed by atoms with Crippen LogP contribution in [0.5, 0.6) is 0 Å². The first kappa shape index (κ1) is 15.2. The average molecular weight is 304 g/mol. The van der Waals surface area contributed by atoms with Crippen LogP contribution in [0.1, 0.15) is 22.6 Å². The summed E-state index contributed by atoms with van der Waals surface area (Å²) in [6.07, 6.45) is 3.89. The molecule has 2 rings (SSSR count). The van der Waals surface area contributed by atoms with Crippen LogP contribution in [-0.4, -0.2) is 32.4 Å². The van der Waals surface area contributed by atoms with E-state index in [-0.39, 0.29) is 12.5 Å². The molecule has 0 saturated carbocycles. The first-order valence-corrected chi connectivity index (χ1v) is 7.37. The van der Waals surface area contributed by atoms with Gasteiger partial charge in [0.05, 0.1) is 24.6 Å². The number of aliphatic hydroxyl groups excluding tert-OH is 1. The van der Waals surface area contributed by atoms with Gasteiger partial charge in [-0.15, -0.1) is 11.3 Å². The second-order valence-electron chi connectivity index (χ2n) is 4.23. The van der Waals surface area contributed by atoms with E-state index in [0.29, 0.717) is 25.9 Å². The number of aliphatic hydroxyl groups is 1. The second kappa shape index (κ2) is 8.19. The largest absolute Gasteiger partial charge is 0.395 e. The topological polar surface area (TPSA) is 80.0 Å². The van der Waals surface area contributed by atoms with Crippen LogP contribution in [-0.2, 0) is 17.9 Å². The summed E-state index contributed by atoms with van der Waals surface area (Å²) in [6.45, 7) is 1.10. The van der Waals surface area contributed by atoms with Gasteiger partial charge in [0.2, 0.25) is 5.91 Å². The summed E-state index contributed by atoms with van der Waals surface area (Å²) in [5.74, 6) is 5.83. The Hall–Kier alpha value is -2.17. The molecule has 2 N–H and O–H groups in total. The molecule has 0 radical (unpaired) electrons. The summed E-state index contributed by atoms with van der Waals surface area (Å²) in [4.78, 5) is 17.5. The summed E-state index contributed by atoms with van der Waals surface area (Å²) >= 11 is 1.54. The lowest BCUT2D eigenvalue weighted by molar-refractivity contribution is -0.121. The van der Waals surface area contributed by atoms with Crippen LogP contribution in [0.4, 0.5) is 0 Å². The van der Waals surface area contributed by atoms with Crippen molar-refractivity contribution in [3.8, 4) is 11.8 Å². The van der Waals surface area contributed by atoms with Gasteiger partial charge in [-0.25, -0.2) is 4.98 Å². The van der Waals surface area contributed by atoms with Crippen LogP contribution in [0, 0.1) is 11.8 Å². The van der Waals surface area contributed by atoms with Gasteiger partial charge in [0, 0.05) is 17.7 Å². The van der Waals surface area contributed by atoms with E-state index in [1.165, 1.54) is 6.33 Å². The molecule has 0 spiro atoms. The van der Waals surface area contributed by atoms with Gasteiger partial charge >= 0.3 is 0 Å². The number of aryl methyl sites for hydroxylation is 1. The van der Waals surface area contributed by atoms with Crippen molar-refractivity contribution in [2.24, 2.45) is 0 Å². The van der Waals surface area contributed by atoms with E-state index in [0.717, 1.165) is 9.75 Å². The van der Waals surface area contributed by atoms with E-state index in [1.54, 1.807) is 22.3 Å². The molecular weight excluding hydrogens is 288 g/mol. The van der Waals surface area contributed by atoms with Gasteiger partial charge < -0.3 is 10.4 Å². The summed E-state index contributed by atoms with van der Waals surface area (Å²) in [7, 11) is 0. The zero-order valence-corrected chi connectivity index (χ0v) is 12.3. The van der Waals surface area contributed by atoms with Crippen molar-refractivity contribution in [1.82, 2.24) is 20.1 Å². The number of nitrogens with one attached hydrogen (secondary N) is 1. The van der Waals surface area contributed by atoms with Crippen molar-refractivity contribution in [1.29, 1.82) is 0 Å². The number of rotatable bonds is 6. The summed E-state index contributed by atoms with van der Waals surface area (Å²) in [5, 5.41) is 15.5. The second-order valence-corrected chi connectivity index (χ2v) is 5.39. The fourth-order valence-corrected chi connectivity index (χ4v) is 2.41. The minimum atomic E-state index is -0.0215. The van der Waals surface area contributed by atoms with Crippen molar-refractivity contribution in [3.05, 3.63) is 34.5 Å². The Labute approximate surface area is 126 Å². The van der Waals surface area contributed by atoms with Gasteiger partial charge in [-0.05, 0) is 12.1 Å². The van der Waals surface area contributed by atoms with Crippen LogP contribution >= 0.6 is 11.3 Å². The number of thiophene rings is 1. The maximum Gasteiger partial charge on any atom is 0.222 e. The lowest BCUT2D eigenvalue weighted by Gasteiger charge is -2.03. The quantitative estimate of drug-likeness (QED) is 0.773. The summed E-state index contributed by atoms with van der Waals surface area (Å²) in [5.41, 5.74) is 0. The van der Waals surface area contributed by atoms with Crippen LogP contribution in [0.3, 0.4) is 0 Å². The Bertz CT molecular complexity index is 625. The predicted molar refractivity (Wildman–Crippen MR) is 79.4 cm³/mol. The highest BCUT2D eigenvalue weighted by Crippen LogP contribution is 2.15. The standard InChI is InChI=1S/C14H16N4O2S/c19-8-2-1-3-12-4-5-13(21-12)9-16-14(20)6-7-18-11-15-10-17-18/h4-5,10-11,19H,2,6-9H2,(H,16,20). The molecule has 0 bridgehead atoms.